The number of rotatable bonds is 8. The highest BCUT2D eigenvalue weighted by atomic mass is 35.5. The molecule has 0 atom stereocenters. The van der Waals surface area contributed by atoms with Gasteiger partial charge < -0.3 is 9.47 Å². The lowest BCUT2D eigenvalue weighted by atomic mass is 10.1. The van der Waals surface area contributed by atoms with Crippen molar-refractivity contribution in [2.24, 2.45) is 0 Å². The van der Waals surface area contributed by atoms with E-state index in [1.54, 1.807) is 29.8 Å². The maximum absolute atomic E-state index is 12.6. The van der Waals surface area contributed by atoms with Crippen molar-refractivity contribution < 1.29 is 14.3 Å². The Morgan fingerprint density at radius 1 is 1.24 bits per heavy atom. The van der Waals surface area contributed by atoms with Gasteiger partial charge >= 0.3 is 6.09 Å². The van der Waals surface area contributed by atoms with Gasteiger partial charge in [0.05, 0.1) is 11.9 Å². The van der Waals surface area contributed by atoms with E-state index in [0.717, 1.165) is 27.5 Å². The number of carbonyl (C=O) groups is 1. The largest absolute Gasteiger partial charge is 0.490 e. The summed E-state index contributed by atoms with van der Waals surface area (Å²) in [5.41, 5.74) is 3.56. The van der Waals surface area contributed by atoms with Gasteiger partial charge in [0.1, 0.15) is 19.0 Å². The Kier molecular flexibility index (Phi) is 11.1. The van der Waals surface area contributed by atoms with Crippen molar-refractivity contribution in [3.8, 4) is 11.1 Å². The number of aromatic nitrogens is 2. The van der Waals surface area contributed by atoms with Crippen LogP contribution in [0.2, 0.25) is 0 Å². The van der Waals surface area contributed by atoms with Gasteiger partial charge in [-0.2, -0.15) is 5.10 Å². The number of thioether (sulfide) groups is 1. The van der Waals surface area contributed by atoms with E-state index in [1.165, 1.54) is 12.2 Å². The molecule has 2 aromatic rings. The minimum Gasteiger partial charge on any atom is -0.490 e. The lowest BCUT2D eigenvalue weighted by Gasteiger charge is -2.29. The summed E-state index contributed by atoms with van der Waals surface area (Å²) in [4.78, 5) is 15.3. The summed E-state index contributed by atoms with van der Waals surface area (Å²) in [6.45, 7) is 16.7. The highest BCUT2D eigenvalue weighted by Crippen LogP contribution is 2.41. The van der Waals surface area contributed by atoms with Gasteiger partial charge in [0.15, 0.2) is 0 Å². The van der Waals surface area contributed by atoms with Crippen LogP contribution < -0.4 is 4.90 Å². The van der Waals surface area contributed by atoms with E-state index in [4.69, 9.17) is 32.7 Å². The lowest BCUT2D eigenvalue weighted by Crippen LogP contribution is -2.36. The van der Waals surface area contributed by atoms with Gasteiger partial charge in [-0.05, 0) is 13.0 Å². The van der Waals surface area contributed by atoms with E-state index in [1.807, 2.05) is 24.4 Å². The van der Waals surface area contributed by atoms with E-state index >= 15 is 0 Å². The second-order valence-electron chi connectivity index (χ2n) is 6.85. The summed E-state index contributed by atoms with van der Waals surface area (Å²) in [5.74, 6) is 1.21. The van der Waals surface area contributed by atoms with E-state index in [2.05, 4.69) is 36.5 Å². The number of fused-ring (bicyclic) bond motifs is 1. The van der Waals surface area contributed by atoms with Crippen molar-refractivity contribution >= 4 is 46.7 Å². The molecule has 1 aliphatic rings. The molecule has 1 aliphatic heterocycles. The third kappa shape index (κ3) is 7.58. The number of amides is 1. The van der Waals surface area contributed by atoms with Gasteiger partial charge in [0.2, 0.25) is 0 Å². The Morgan fingerprint density at radius 2 is 1.94 bits per heavy atom. The molecule has 9 heteroatoms. The molecule has 0 saturated heterocycles. The zero-order valence-electron chi connectivity index (χ0n) is 19.0. The van der Waals surface area contributed by atoms with Crippen LogP contribution in [0.15, 0.2) is 95.4 Å². The zero-order valence-corrected chi connectivity index (χ0v) is 21.3. The molecule has 6 nitrogen and oxygen atoms in total. The van der Waals surface area contributed by atoms with E-state index in [0.29, 0.717) is 27.9 Å². The van der Waals surface area contributed by atoms with Gasteiger partial charge in [-0.3, -0.25) is 10.00 Å². The van der Waals surface area contributed by atoms with Crippen LogP contribution in [0.25, 0.3) is 11.1 Å². The molecule has 0 saturated carbocycles. The summed E-state index contributed by atoms with van der Waals surface area (Å²) >= 11 is 12.9. The van der Waals surface area contributed by atoms with Crippen molar-refractivity contribution in [3.63, 3.8) is 0 Å². The second kappa shape index (κ2) is 13.7. The third-order valence-electron chi connectivity index (χ3n) is 4.64. The van der Waals surface area contributed by atoms with Crippen molar-refractivity contribution in [1.82, 2.24) is 10.2 Å². The molecular formula is C25H27Cl2N3O3S. The summed E-state index contributed by atoms with van der Waals surface area (Å²) < 4.78 is 10.9. The molecule has 0 spiro atoms. The monoisotopic (exact) mass is 519 g/mol. The fraction of sp³-hybridized carbons (Fsp3) is 0.200. The summed E-state index contributed by atoms with van der Waals surface area (Å²) in [5, 5.41) is 7.81. The van der Waals surface area contributed by atoms with Crippen LogP contribution in [0.3, 0.4) is 0 Å². The van der Waals surface area contributed by atoms with E-state index < -0.39 is 6.09 Å². The molecule has 1 N–H and O–H groups in total. The number of hydrogen-bond acceptors (Lipinski definition) is 5. The molecule has 0 fully saturated rings. The van der Waals surface area contributed by atoms with Crippen LogP contribution in [0, 0.1) is 0 Å². The van der Waals surface area contributed by atoms with Gasteiger partial charge in [-0.25, -0.2) is 4.79 Å². The predicted molar refractivity (Wildman–Crippen MR) is 142 cm³/mol. The number of carbonyl (C=O) groups excluding carboxylic acids is 1. The first-order chi connectivity index (χ1) is 16.3. The Hall–Kier alpha value is -2.87. The Morgan fingerprint density at radius 3 is 2.56 bits per heavy atom. The Labute approximate surface area is 214 Å². The van der Waals surface area contributed by atoms with E-state index in [-0.39, 0.29) is 13.2 Å². The van der Waals surface area contributed by atoms with Gasteiger partial charge in [0, 0.05) is 50.2 Å². The topological polar surface area (TPSA) is 67.5 Å². The predicted octanol–water partition coefficient (Wildman–Crippen LogP) is 7.28. The van der Waals surface area contributed by atoms with Crippen molar-refractivity contribution in [2.45, 2.75) is 11.8 Å². The number of benzene rings is 1. The van der Waals surface area contributed by atoms with Crippen LogP contribution in [0.1, 0.15) is 6.92 Å². The number of nitrogens with zero attached hydrogens (tertiary/aromatic N) is 2. The number of hydrogen-bond donors (Lipinski definition) is 1. The number of allylic oxidation sites excluding steroid dienone is 5. The first-order valence-corrected chi connectivity index (χ1v) is 12.0. The molecule has 0 aliphatic carbocycles. The highest BCUT2D eigenvalue weighted by Gasteiger charge is 2.26. The number of nitrogens with one attached hydrogen (secondary N) is 1. The number of ether oxygens (including phenoxy) is 2. The van der Waals surface area contributed by atoms with Crippen molar-refractivity contribution in [3.05, 3.63) is 90.5 Å². The average molecular weight is 520 g/mol. The summed E-state index contributed by atoms with van der Waals surface area (Å²) in [7, 11) is 0. The molecule has 1 aromatic carbocycles. The highest BCUT2D eigenvalue weighted by molar-refractivity contribution is 7.99. The first kappa shape index (κ1) is 27.4. The molecule has 0 unspecified atom stereocenters. The number of anilines is 1. The molecule has 180 valence electrons. The van der Waals surface area contributed by atoms with Crippen LogP contribution in [-0.2, 0) is 9.47 Å². The van der Waals surface area contributed by atoms with Gasteiger partial charge in [0.25, 0.3) is 0 Å². The number of aromatic amines is 1. The summed E-state index contributed by atoms with van der Waals surface area (Å²) in [6, 6.07) is 5.88. The molecule has 34 heavy (non-hydrogen) atoms. The SMILES string of the molecule is C=C/C(Cl)=C(/C)C(=C)OCCOC(=O)N1CCSc2c(-c3cn[nH]c3)cccc21.C=CC(=C)Cl. The van der Waals surface area contributed by atoms with Crippen LogP contribution in [0.4, 0.5) is 10.5 Å². The van der Waals surface area contributed by atoms with Crippen molar-refractivity contribution in [2.75, 3.05) is 30.4 Å². The average Bonchev–Trinajstić information content (AvgIpc) is 3.39. The maximum atomic E-state index is 12.6. The molecular weight excluding hydrogens is 493 g/mol. The Balaban J connectivity index is 0.000000739. The number of halogens is 2. The molecule has 1 aromatic heterocycles. The second-order valence-corrected chi connectivity index (χ2v) is 8.85. The summed E-state index contributed by atoms with van der Waals surface area (Å²) in [6.07, 6.45) is 6.22. The standard InChI is InChI=1S/C21H22ClN3O3S.C4H5Cl/c1-4-18(22)14(2)15(3)27-9-10-28-21(26)25-8-11-29-20-17(6-5-7-19(20)25)16-12-23-24-13-16;1-3-4(2)5/h4-7,12-13H,1,3,8-11H2,2H3,(H,23,24);3H,1-2H2/b18-14+;. The molecule has 0 radical (unpaired) electrons. The normalized spacial score (nSPS) is 12.9. The van der Waals surface area contributed by atoms with Crippen molar-refractivity contribution in [1.29, 1.82) is 0 Å². The Bertz CT molecular complexity index is 1080. The minimum atomic E-state index is -0.401. The smallest absolute Gasteiger partial charge is 0.414 e. The first-order valence-electron chi connectivity index (χ1n) is 10.3. The fourth-order valence-corrected chi connectivity index (χ4v) is 4.08. The van der Waals surface area contributed by atoms with Crippen LogP contribution >= 0.6 is 35.0 Å². The van der Waals surface area contributed by atoms with E-state index in [9.17, 15) is 4.79 Å². The van der Waals surface area contributed by atoms with Crippen LogP contribution in [-0.4, -0.2) is 41.8 Å². The molecule has 1 amide bonds. The lowest BCUT2D eigenvalue weighted by molar-refractivity contribution is 0.111. The third-order valence-corrected chi connectivity index (χ3v) is 6.33. The fourth-order valence-electron chi connectivity index (χ4n) is 2.83. The molecule has 2 heterocycles. The van der Waals surface area contributed by atoms with Crippen LogP contribution in [0.5, 0.6) is 0 Å². The molecule has 0 bridgehead atoms. The number of H-pyrrole nitrogens is 1. The maximum Gasteiger partial charge on any atom is 0.414 e. The van der Waals surface area contributed by atoms with Gasteiger partial charge in [-0.1, -0.05) is 73.8 Å². The minimum absolute atomic E-state index is 0.108. The molecule has 3 rings (SSSR count). The quantitative estimate of drug-likeness (QED) is 0.225. The van der Waals surface area contributed by atoms with Gasteiger partial charge in [-0.15, -0.1) is 11.8 Å². The zero-order chi connectivity index (χ0) is 25.1.